The number of carbonyl (C=O) groups is 3. The first kappa shape index (κ1) is 46.3. The third kappa shape index (κ3) is 7.32. The van der Waals surface area contributed by atoms with Gasteiger partial charge in [0.05, 0.1) is 23.7 Å². The fraction of sp³-hybridized carbons (Fsp3) is 0.878. The molecule has 0 aromatic heterocycles. The van der Waals surface area contributed by atoms with Crippen LogP contribution in [0.1, 0.15) is 110 Å². The molecular weight excluding hydrogens is 753 g/mol. The molecule has 9 atom stereocenters. The van der Waals surface area contributed by atoms with Crippen molar-refractivity contribution in [3.8, 4) is 0 Å². The van der Waals surface area contributed by atoms with Gasteiger partial charge in [0.2, 0.25) is 0 Å². The number of hydrogen-bond acceptors (Lipinski definition) is 11. The number of hydrogen-bond donors (Lipinski definition) is 2. The van der Waals surface area contributed by atoms with Gasteiger partial charge in [0, 0.05) is 31.1 Å². The average molecular weight is 827 g/mol. The van der Waals surface area contributed by atoms with Gasteiger partial charge in [0.1, 0.15) is 18.3 Å². The largest absolute Gasteiger partial charge is 0.509 e. The Bertz CT molecular complexity index is 1430. The molecule has 4 aliphatic rings. The van der Waals surface area contributed by atoms with Gasteiger partial charge in [-0.25, -0.2) is 4.79 Å². The van der Waals surface area contributed by atoms with Crippen molar-refractivity contribution in [3.05, 3.63) is 11.1 Å². The van der Waals surface area contributed by atoms with Crippen molar-refractivity contribution in [2.45, 2.75) is 206 Å². The van der Waals surface area contributed by atoms with E-state index in [1.807, 2.05) is 13.8 Å². The molecule has 55 heavy (non-hydrogen) atoms. The lowest BCUT2D eigenvalue weighted by atomic mass is 9.45. The zero-order valence-electron chi connectivity index (χ0n) is 36.5. The minimum Gasteiger partial charge on any atom is -0.463 e. The molecule has 3 aliphatic carbocycles. The lowest BCUT2D eigenvalue weighted by Gasteiger charge is -2.64. The second-order valence-electron chi connectivity index (χ2n) is 17.8. The molecule has 316 valence electrons. The maximum atomic E-state index is 16.4. The Morgan fingerprint density at radius 2 is 1.27 bits per heavy atom. The Hall–Kier alpha value is -1.40. The van der Waals surface area contributed by atoms with Crippen LogP contribution in [0.4, 0.5) is 4.79 Å². The maximum Gasteiger partial charge on any atom is 0.509 e. The fourth-order valence-corrected chi connectivity index (χ4v) is 19.6. The summed E-state index contributed by atoms with van der Waals surface area (Å²) in [5, 5.41) is 25.3. The fourth-order valence-electron chi connectivity index (χ4n) is 11.1. The predicted octanol–water partition coefficient (Wildman–Crippen LogP) is 8.44. The zero-order valence-corrected chi connectivity index (χ0v) is 39.5. The van der Waals surface area contributed by atoms with Crippen LogP contribution in [-0.4, -0.2) is 101 Å². The molecular formula is C41H74O11Si3. The van der Waals surface area contributed by atoms with E-state index < -0.39 is 102 Å². The number of carbonyl (C=O) groups excluding carboxylic acids is 3. The summed E-state index contributed by atoms with van der Waals surface area (Å²) in [6.07, 6.45) is -6.03. The van der Waals surface area contributed by atoms with Crippen LogP contribution in [0.3, 0.4) is 0 Å². The molecule has 1 spiro atoms. The number of ketones is 1. The van der Waals surface area contributed by atoms with Crippen molar-refractivity contribution < 1.29 is 52.1 Å². The summed E-state index contributed by atoms with van der Waals surface area (Å²) in [5.74, 6) is -2.25. The molecule has 0 aromatic rings. The SMILES string of the molecule is CC[Si](CC)(CC)O[C@H]1C(=O)[C@]2(C)[C@@H](O[Si](CC)(CC)CC)C[C@H](O)[C@@](O)(COC(C)=O)[C@H]2[C@@H]2OC(=O)O[C@]23C[C@H](O[Si](CC)(CC)CC)C(C)=C1C3(C)C. The average Bonchev–Trinajstić information content (AvgIpc) is 3.49. The Balaban J connectivity index is 2.21. The Labute approximate surface area is 334 Å². The Kier molecular flexibility index (Phi) is 14.0. The highest BCUT2D eigenvalue weighted by molar-refractivity contribution is 6.74. The number of aliphatic hydroxyl groups is 2. The second-order valence-corrected chi connectivity index (χ2v) is 32.0. The van der Waals surface area contributed by atoms with Crippen LogP contribution in [0.2, 0.25) is 54.4 Å². The number of esters is 1. The molecule has 2 N–H and O–H groups in total. The third-order valence-electron chi connectivity index (χ3n) is 15.7. The molecule has 11 nitrogen and oxygen atoms in total. The number of rotatable bonds is 17. The first-order valence-electron chi connectivity index (χ1n) is 21.4. The number of ether oxygens (including phenoxy) is 3. The third-order valence-corrected chi connectivity index (χ3v) is 29.6. The number of fused-ring (bicyclic) bond motifs is 3. The van der Waals surface area contributed by atoms with Gasteiger partial charge in [0.15, 0.2) is 42.4 Å². The van der Waals surface area contributed by atoms with Gasteiger partial charge in [-0.05, 0) is 79.4 Å². The van der Waals surface area contributed by atoms with E-state index in [1.54, 1.807) is 6.92 Å². The molecule has 1 saturated heterocycles. The van der Waals surface area contributed by atoms with E-state index in [4.69, 9.17) is 27.5 Å². The van der Waals surface area contributed by atoms with Crippen LogP contribution in [-0.2, 0) is 37.1 Å². The van der Waals surface area contributed by atoms with Crippen LogP contribution in [0.15, 0.2) is 11.1 Å². The predicted molar refractivity (Wildman–Crippen MR) is 220 cm³/mol. The summed E-state index contributed by atoms with van der Waals surface area (Å²) in [6, 6.07) is 7.38. The highest BCUT2D eigenvalue weighted by Crippen LogP contribution is 2.65. The molecule has 4 rings (SSSR count). The first-order chi connectivity index (χ1) is 25.7. The summed E-state index contributed by atoms with van der Waals surface area (Å²) in [4.78, 5) is 42.8. The molecule has 0 radical (unpaired) electrons. The summed E-state index contributed by atoms with van der Waals surface area (Å²) < 4.78 is 40.6. The van der Waals surface area contributed by atoms with E-state index in [9.17, 15) is 19.8 Å². The minimum absolute atomic E-state index is 0.0881. The summed E-state index contributed by atoms with van der Waals surface area (Å²) >= 11 is 0. The highest BCUT2D eigenvalue weighted by Gasteiger charge is 2.78. The normalized spacial score (nSPS) is 35.0. The van der Waals surface area contributed by atoms with Crippen LogP contribution in [0, 0.1) is 16.7 Å². The van der Waals surface area contributed by atoms with E-state index in [2.05, 4.69) is 69.2 Å². The monoisotopic (exact) mass is 826 g/mol. The second kappa shape index (κ2) is 16.7. The molecule has 3 fully saturated rings. The van der Waals surface area contributed by atoms with Gasteiger partial charge in [-0.1, -0.05) is 76.2 Å². The Morgan fingerprint density at radius 3 is 1.75 bits per heavy atom. The van der Waals surface area contributed by atoms with Crippen molar-refractivity contribution in [2.75, 3.05) is 6.61 Å². The smallest absolute Gasteiger partial charge is 0.463 e. The van der Waals surface area contributed by atoms with Gasteiger partial charge < -0.3 is 37.7 Å². The van der Waals surface area contributed by atoms with E-state index >= 15 is 4.79 Å². The van der Waals surface area contributed by atoms with Crippen LogP contribution in [0.25, 0.3) is 0 Å². The van der Waals surface area contributed by atoms with Crippen molar-refractivity contribution in [2.24, 2.45) is 16.7 Å². The van der Waals surface area contributed by atoms with Gasteiger partial charge in [-0.3, -0.25) is 9.59 Å². The highest BCUT2D eigenvalue weighted by atomic mass is 28.4. The van der Waals surface area contributed by atoms with E-state index in [1.165, 1.54) is 6.92 Å². The standard InChI is InChI=1S/C41H74O11Si3/c1-15-53(16-2,17-3)50-29-25-41-36(48-37(45)49-41)34-39(14,35(44)33(32(27(29)10)38(41,12)13)52-55(21-7,22-8)23-9)31(51-54(18-4,19-5)20-6)24-30(43)40(34,46)26-47-28(11)42/h29-31,33-34,36,43,46H,15-26H2,1-14H3/t29-,30-,31-,33+,34-,36-,39+,40-,41+/m0/s1. The molecule has 2 saturated carbocycles. The lowest BCUT2D eigenvalue weighted by Crippen LogP contribution is -2.78. The van der Waals surface area contributed by atoms with Crippen molar-refractivity contribution in [3.63, 3.8) is 0 Å². The van der Waals surface area contributed by atoms with Crippen LogP contribution >= 0.6 is 0 Å². The molecule has 0 aromatic carbocycles. The van der Waals surface area contributed by atoms with Gasteiger partial charge in [-0.15, -0.1) is 0 Å². The van der Waals surface area contributed by atoms with Crippen LogP contribution in [0.5, 0.6) is 0 Å². The number of aliphatic hydroxyl groups excluding tert-OH is 1. The van der Waals surface area contributed by atoms with Crippen molar-refractivity contribution in [1.82, 2.24) is 0 Å². The van der Waals surface area contributed by atoms with E-state index in [0.717, 1.165) is 65.5 Å². The molecule has 0 amide bonds. The number of Topliss-reactive ketones (excluding diaryl/α,β-unsaturated/α-hetero) is 1. The van der Waals surface area contributed by atoms with E-state index in [0.29, 0.717) is 0 Å². The van der Waals surface area contributed by atoms with E-state index in [-0.39, 0.29) is 18.6 Å². The molecule has 1 aliphatic heterocycles. The minimum atomic E-state index is -2.57. The lowest BCUT2D eigenvalue weighted by molar-refractivity contribution is -0.264. The molecule has 2 bridgehead atoms. The van der Waals surface area contributed by atoms with Crippen molar-refractivity contribution >= 4 is 42.9 Å². The quantitative estimate of drug-likeness (QED) is 0.0828. The molecule has 0 unspecified atom stereocenters. The van der Waals surface area contributed by atoms with Crippen molar-refractivity contribution in [1.29, 1.82) is 0 Å². The topological polar surface area (TPSA) is 147 Å². The van der Waals surface area contributed by atoms with Gasteiger partial charge in [-0.2, -0.15) is 0 Å². The molecule has 14 heteroatoms. The Morgan fingerprint density at radius 1 is 0.800 bits per heavy atom. The van der Waals surface area contributed by atoms with Gasteiger partial charge >= 0.3 is 12.1 Å². The first-order valence-corrected chi connectivity index (χ1v) is 29.0. The summed E-state index contributed by atoms with van der Waals surface area (Å²) in [5.41, 5.74) is -4.70. The summed E-state index contributed by atoms with van der Waals surface area (Å²) in [7, 11) is -7.36. The van der Waals surface area contributed by atoms with Gasteiger partial charge in [0.25, 0.3) is 0 Å². The summed E-state index contributed by atoms with van der Waals surface area (Å²) in [6.45, 7) is 27.7. The molecule has 1 heterocycles. The van der Waals surface area contributed by atoms with Crippen LogP contribution < -0.4 is 0 Å². The maximum absolute atomic E-state index is 16.4. The zero-order chi connectivity index (χ0) is 41.6.